The van der Waals surface area contributed by atoms with Crippen LogP contribution in [-0.2, 0) is 10.0 Å². The second-order valence-electron chi connectivity index (χ2n) is 4.04. The first-order chi connectivity index (χ1) is 8.25. The van der Waals surface area contributed by atoms with Crippen molar-refractivity contribution in [2.75, 3.05) is 7.11 Å². The number of methoxy groups -OCH3 is 1. The lowest BCUT2D eigenvalue weighted by molar-refractivity contribution is 0.0943. The number of rotatable bonds is 4. The maximum atomic E-state index is 11.7. The van der Waals surface area contributed by atoms with Crippen molar-refractivity contribution in [1.29, 1.82) is 0 Å². The monoisotopic (exact) mass is 272 g/mol. The van der Waals surface area contributed by atoms with Gasteiger partial charge in [-0.3, -0.25) is 4.79 Å². The maximum Gasteiger partial charge on any atom is 0.251 e. The highest BCUT2D eigenvalue weighted by atomic mass is 32.2. The third kappa shape index (κ3) is 3.44. The van der Waals surface area contributed by atoms with Crippen LogP contribution in [0.1, 0.15) is 24.2 Å². The van der Waals surface area contributed by atoms with Crippen molar-refractivity contribution < 1.29 is 17.9 Å². The molecule has 18 heavy (non-hydrogen) atoms. The van der Waals surface area contributed by atoms with Crippen LogP contribution in [0.4, 0.5) is 0 Å². The summed E-state index contributed by atoms with van der Waals surface area (Å²) in [6.45, 7) is 3.62. The van der Waals surface area contributed by atoms with Crippen LogP contribution in [0.25, 0.3) is 0 Å². The summed E-state index contributed by atoms with van der Waals surface area (Å²) < 4.78 is 27.6. The van der Waals surface area contributed by atoms with Crippen molar-refractivity contribution in [3.05, 3.63) is 23.8 Å². The average Bonchev–Trinajstić information content (AvgIpc) is 2.26. The van der Waals surface area contributed by atoms with E-state index in [1.54, 1.807) is 0 Å². The second kappa shape index (κ2) is 5.36. The van der Waals surface area contributed by atoms with Gasteiger partial charge in [-0.1, -0.05) is 0 Å². The zero-order chi connectivity index (χ0) is 13.9. The Balaban J connectivity index is 3.23. The van der Waals surface area contributed by atoms with E-state index in [0.717, 1.165) is 0 Å². The van der Waals surface area contributed by atoms with Crippen molar-refractivity contribution in [2.45, 2.75) is 24.8 Å². The molecular formula is C11H16N2O4S. The van der Waals surface area contributed by atoms with Crippen molar-refractivity contribution in [2.24, 2.45) is 5.14 Å². The summed E-state index contributed by atoms with van der Waals surface area (Å²) in [5.41, 5.74) is 0.216. The highest BCUT2D eigenvalue weighted by molar-refractivity contribution is 7.89. The molecule has 1 amide bonds. The van der Waals surface area contributed by atoms with Crippen molar-refractivity contribution in [3.8, 4) is 5.75 Å². The first-order valence-electron chi connectivity index (χ1n) is 5.27. The van der Waals surface area contributed by atoms with Crippen LogP contribution in [0.5, 0.6) is 5.75 Å². The fourth-order valence-corrected chi connectivity index (χ4v) is 2.11. The molecule has 0 saturated carbocycles. The molecule has 0 heterocycles. The van der Waals surface area contributed by atoms with E-state index < -0.39 is 10.0 Å². The summed E-state index contributed by atoms with van der Waals surface area (Å²) in [5, 5.41) is 7.72. The fourth-order valence-electron chi connectivity index (χ4n) is 1.39. The Hall–Kier alpha value is -1.60. The average molecular weight is 272 g/mol. The lowest BCUT2D eigenvalue weighted by Gasteiger charge is -2.11. The highest BCUT2D eigenvalue weighted by Crippen LogP contribution is 2.23. The van der Waals surface area contributed by atoms with Gasteiger partial charge in [0.1, 0.15) is 10.6 Å². The van der Waals surface area contributed by atoms with Crippen LogP contribution >= 0.6 is 0 Å². The Morgan fingerprint density at radius 1 is 1.39 bits per heavy atom. The number of carbonyl (C=O) groups is 1. The Labute approximate surface area is 106 Å². The predicted molar refractivity (Wildman–Crippen MR) is 67.0 cm³/mol. The van der Waals surface area contributed by atoms with Gasteiger partial charge in [-0.2, -0.15) is 0 Å². The smallest absolute Gasteiger partial charge is 0.251 e. The zero-order valence-electron chi connectivity index (χ0n) is 10.4. The number of hydrogen-bond donors (Lipinski definition) is 2. The minimum absolute atomic E-state index is 0.0439. The van der Waals surface area contributed by atoms with Gasteiger partial charge in [0.25, 0.3) is 5.91 Å². The Kier molecular flexibility index (Phi) is 4.31. The van der Waals surface area contributed by atoms with E-state index in [4.69, 9.17) is 9.88 Å². The van der Waals surface area contributed by atoms with Crippen LogP contribution in [0.2, 0.25) is 0 Å². The number of amides is 1. The van der Waals surface area contributed by atoms with E-state index in [2.05, 4.69) is 5.32 Å². The largest absolute Gasteiger partial charge is 0.495 e. The fraction of sp³-hybridized carbons (Fsp3) is 0.364. The van der Waals surface area contributed by atoms with E-state index in [0.29, 0.717) is 0 Å². The van der Waals surface area contributed by atoms with Crippen molar-refractivity contribution in [1.82, 2.24) is 5.32 Å². The SMILES string of the molecule is COc1ccc(C(=O)NC(C)C)cc1S(N)(=O)=O. The first-order valence-corrected chi connectivity index (χ1v) is 6.82. The molecular weight excluding hydrogens is 256 g/mol. The minimum Gasteiger partial charge on any atom is -0.495 e. The number of nitrogens with one attached hydrogen (secondary N) is 1. The summed E-state index contributed by atoms with van der Waals surface area (Å²) in [7, 11) is -2.60. The molecule has 1 aromatic carbocycles. The quantitative estimate of drug-likeness (QED) is 0.832. The van der Waals surface area contributed by atoms with E-state index in [1.165, 1.54) is 25.3 Å². The van der Waals surface area contributed by atoms with Gasteiger partial charge in [0, 0.05) is 11.6 Å². The molecule has 0 radical (unpaired) electrons. The van der Waals surface area contributed by atoms with Crippen molar-refractivity contribution >= 4 is 15.9 Å². The minimum atomic E-state index is -3.94. The Morgan fingerprint density at radius 2 is 2.00 bits per heavy atom. The van der Waals surface area contributed by atoms with Crippen LogP contribution in [-0.4, -0.2) is 27.5 Å². The number of nitrogens with two attached hydrogens (primary N) is 1. The molecule has 0 unspecified atom stereocenters. The van der Waals surface area contributed by atoms with E-state index >= 15 is 0 Å². The van der Waals surface area contributed by atoms with Crippen LogP contribution < -0.4 is 15.2 Å². The van der Waals surface area contributed by atoms with Gasteiger partial charge < -0.3 is 10.1 Å². The maximum absolute atomic E-state index is 11.7. The molecule has 3 N–H and O–H groups in total. The van der Waals surface area contributed by atoms with Gasteiger partial charge in [-0.15, -0.1) is 0 Å². The third-order valence-electron chi connectivity index (χ3n) is 2.15. The molecule has 6 nitrogen and oxygen atoms in total. The lowest BCUT2D eigenvalue weighted by Crippen LogP contribution is -2.30. The number of sulfonamides is 1. The molecule has 0 aliphatic carbocycles. The molecule has 7 heteroatoms. The van der Waals surface area contributed by atoms with Gasteiger partial charge in [0.2, 0.25) is 10.0 Å². The third-order valence-corrected chi connectivity index (χ3v) is 3.08. The molecule has 1 rings (SSSR count). The number of ether oxygens (including phenoxy) is 1. The van der Waals surface area contributed by atoms with Crippen LogP contribution in [0.15, 0.2) is 23.1 Å². The van der Waals surface area contributed by atoms with Crippen LogP contribution in [0, 0.1) is 0 Å². The van der Waals surface area contributed by atoms with Gasteiger partial charge in [0.05, 0.1) is 7.11 Å². The van der Waals surface area contributed by atoms with Gasteiger partial charge >= 0.3 is 0 Å². The first kappa shape index (κ1) is 14.5. The van der Waals surface area contributed by atoms with E-state index in [-0.39, 0.29) is 28.2 Å². The molecule has 0 aliphatic rings. The highest BCUT2D eigenvalue weighted by Gasteiger charge is 2.18. The van der Waals surface area contributed by atoms with Gasteiger partial charge in [-0.25, -0.2) is 13.6 Å². The van der Waals surface area contributed by atoms with Gasteiger partial charge in [0.15, 0.2) is 0 Å². The van der Waals surface area contributed by atoms with E-state index in [9.17, 15) is 13.2 Å². The summed E-state index contributed by atoms with van der Waals surface area (Å²) in [5.74, 6) is -0.254. The molecule has 0 fully saturated rings. The molecule has 0 aliphatic heterocycles. The van der Waals surface area contributed by atoms with Crippen LogP contribution in [0.3, 0.4) is 0 Å². The number of hydrogen-bond acceptors (Lipinski definition) is 4. The number of carbonyl (C=O) groups excluding carboxylic acids is 1. The molecule has 1 aromatic rings. The normalized spacial score (nSPS) is 11.4. The topological polar surface area (TPSA) is 98.5 Å². The number of benzene rings is 1. The molecule has 0 bridgehead atoms. The molecule has 0 aromatic heterocycles. The molecule has 100 valence electrons. The molecule has 0 atom stereocenters. The zero-order valence-corrected chi connectivity index (χ0v) is 11.2. The van der Waals surface area contributed by atoms with Crippen molar-refractivity contribution in [3.63, 3.8) is 0 Å². The summed E-state index contributed by atoms with van der Waals surface area (Å²) in [6.07, 6.45) is 0. The molecule has 0 spiro atoms. The summed E-state index contributed by atoms with van der Waals surface area (Å²) in [6, 6.07) is 4.03. The summed E-state index contributed by atoms with van der Waals surface area (Å²) >= 11 is 0. The number of primary sulfonamides is 1. The van der Waals surface area contributed by atoms with Gasteiger partial charge in [-0.05, 0) is 32.0 Å². The molecule has 0 saturated heterocycles. The Bertz CT molecular complexity index is 552. The standard InChI is InChI=1S/C11H16N2O4S/c1-7(2)13-11(14)8-4-5-9(17-3)10(6-8)18(12,15)16/h4-7H,1-3H3,(H,13,14)(H2,12,15,16). The lowest BCUT2D eigenvalue weighted by atomic mass is 10.2. The second-order valence-corrected chi connectivity index (χ2v) is 5.57. The summed E-state index contributed by atoms with van der Waals surface area (Å²) in [4.78, 5) is 11.5. The predicted octanol–water partition coefficient (Wildman–Crippen LogP) is 0.481. The Morgan fingerprint density at radius 3 is 2.44 bits per heavy atom. The van der Waals surface area contributed by atoms with E-state index in [1.807, 2.05) is 13.8 Å².